The molecule has 0 radical (unpaired) electrons. The van der Waals surface area contributed by atoms with Gasteiger partial charge in [0.15, 0.2) is 0 Å². The van der Waals surface area contributed by atoms with Crippen molar-refractivity contribution >= 4 is 5.97 Å². The van der Waals surface area contributed by atoms with Crippen LogP contribution in [0.5, 0.6) is 5.75 Å². The molecule has 0 spiro atoms. The molecule has 0 heterocycles. The lowest BCUT2D eigenvalue weighted by molar-refractivity contribution is -0.138. The minimum absolute atomic E-state index is 0.0301. The van der Waals surface area contributed by atoms with Crippen LogP contribution < -0.4 is 4.74 Å². The lowest BCUT2D eigenvalue weighted by Crippen LogP contribution is -2.40. The third-order valence-corrected chi connectivity index (χ3v) is 5.07. The Bertz CT molecular complexity index is 913. The number of carbonyl (C=O) groups is 1. The normalized spacial score (nSPS) is 11.9. The highest BCUT2D eigenvalue weighted by atomic mass is 16.5. The molecule has 3 aromatic rings. The van der Waals surface area contributed by atoms with Crippen molar-refractivity contribution in [3.63, 3.8) is 0 Å². The van der Waals surface area contributed by atoms with Crippen LogP contribution in [0.2, 0.25) is 0 Å². The van der Waals surface area contributed by atoms with Gasteiger partial charge < -0.3 is 14.6 Å². The first-order chi connectivity index (χ1) is 15.1. The maximum atomic E-state index is 11.2. The van der Waals surface area contributed by atoms with Crippen molar-refractivity contribution in [3.05, 3.63) is 102 Å². The molecule has 1 N–H and O–H groups in total. The van der Waals surface area contributed by atoms with Gasteiger partial charge in [0.1, 0.15) is 12.4 Å². The third-order valence-electron chi connectivity index (χ3n) is 5.07. The van der Waals surface area contributed by atoms with Gasteiger partial charge in [0, 0.05) is 6.04 Å². The number of likely N-dealkylation sites (N-methyl/N-ethyl adjacent to an activating group) is 1. The zero-order chi connectivity index (χ0) is 21.9. The van der Waals surface area contributed by atoms with E-state index >= 15 is 0 Å². The number of rotatable bonds is 12. The van der Waals surface area contributed by atoms with Gasteiger partial charge in [-0.25, -0.2) is 0 Å². The largest absolute Gasteiger partial charge is 0.489 e. The number of ether oxygens (including phenoxy) is 2. The molecular formula is C26H29NO4. The van der Waals surface area contributed by atoms with Gasteiger partial charge in [-0.15, -0.1) is 0 Å². The van der Waals surface area contributed by atoms with Crippen LogP contribution in [0.15, 0.2) is 84.9 Å². The molecule has 1 atom stereocenters. The Morgan fingerprint density at radius 1 is 0.839 bits per heavy atom. The van der Waals surface area contributed by atoms with Crippen LogP contribution in [0.3, 0.4) is 0 Å². The zero-order valence-electron chi connectivity index (χ0n) is 17.8. The van der Waals surface area contributed by atoms with Crippen LogP contribution >= 0.6 is 0 Å². The quantitative estimate of drug-likeness (QED) is 0.471. The summed E-state index contributed by atoms with van der Waals surface area (Å²) in [6, 6.07) is 27.9. The van der Waals surface area contributed by atoms with Gasteiger partial charge in [0.05, 0.1) is 19.8 Å². The summed E-state index contributed by atoms with van der Waals surface area (Å²) in [5.41, 5.74) is 3.33. The van der Waals surface area contributed by atoms with Crippen molar-refractivity contribution in [2.75, 3.05) is 20.2 Å². The summed E-state index contributed by atoms with van der Waals surface area (Å²) < 4.78 is 11.8. The number of aliphatic carboxylic acids is 1. The summed E-state index contributed by atoms with van der Waals surface area (Å²) in [6.45, 7) is 1.45. The van der Waals surface area contributed by atoms with E-state index in [1.807, 2.05) is 96.9 Å². The maximum absolute atomic E-state index is 11.2. The number of carboxylic acid groups (broad SMARTS) is 1. The van der Waals surface area contributed by atoms with Crippen molar-refractivity contribution in [1.82, 2.24) is 4.90 Å². The fourth-order valence-electron chi connectivity index (χ4n) is 3.31. The van der Waals surface area contributed by atoms with Crippen LogP contribution in [-0.2, 0) is 29.2 Å². The smallest absolute Gasteiger partial charge is 0.317 e. The highest BCUT2D eigenvalue weighted by Crippen LogP contribution is 2.17. The molecule has 0 aliphatic carbocycles. The number of nitrogens with zero attached hydrogens (tertiary/aromatic N) is 1. The van der Waals surface area contributed by atoms with Crippen LogP contribution in [0.1, 0.15) is 16.7 Å². The Morgan fingerprint density at radius 2 is 1.42 bits per heavy atom. The molecule has 5 nitrogen and oxygen atoms in total. The monoisotopic (exact) mass is 419 g/mol. The van der Waals surface area contributed by atoms with Gasteiger partial charge >= 0.3 is 5.97 Å². The molecule has 0 bridgehead atoms. The van der Waals surface area contributed by atoms with Crippen molar-refractivity contribution in [1.29, 1.82) is 0 Å². The first-order valence-electron chi connectivity index (χ1n) is 10.4. The topological polar surface area (TPSA) is 59.0 Å². The van der Waals surface area contributed by atoms with E-state index in [-0.39, 0.29) is 12.6 Å². The molecule has 0 unspecified atom stereocenters. The molecule has 3 aromatic carbocycles. The van der Waals surface area contributed by atoms with Gasteiger partial charge in [-0.2, -0.15) is 0 Å². The first-order valence-corrected chi connectivity index (χ1v) is 10.4. The Kier molecular flexibility index (Phi) is 8.64. The van der Waals surface area contributed by atoms with Crippen LogP contribution in [0.25, 0.3) is 0 Å². The highest BCUT2D eigenvalue weighted by molar-refractivity contribution is 5.69. The van der Waals surface area contributed by atoms with Crippen molar-refractivity contribution in [2.45, 2.75) is 25.7 Å². The molecule has 5 heteroatoms. The molecule has 0 amide bonds. The zero-order valence-corrected chi connectivity index (χ0v) is 17.8. The second kappa shape index (κ2) is 11.9. The van der Waals surface area contributed by atoms with Gasteiger partial charge in [-0.1, -0.05) is 72.8 Å². The SMILES string of the molecule is CN(CC(=O)O)[C@H](COCc1ccccc1)Cc1ccc(OCc2ccccc2)cc1. The van der Waals surface area contributed by atoms with E-state index < -0.39 is 5.97 Å². The number of hydrogen-bond acceptors (Lipinski definition) is 4. The molecule has 0 saturated heterocycles. The van der Waals surface area contributed by atoms with Gasteiger partial charge in [-0.3, -0.25) is 9.69 Å². The van der Waals surface area contributed by atoms with E-state index in [1.54, 1.807) is 0 Å². The second-order valence-corrected chi connectivity index (χ2v) is 7.59. The second-order valence-electron chi connectivity index (χ2n) is 7.59. The lowest BCUT2D eigenvalue weighted by atomic mass is 10.1. The van der Waals surface area contributed by atoms with Crippen LogP contribution in [0, 0.1) is 0 Å². The average Bonchev–Trinajstić information content (AvgIpc) is 2.79. The Balaban J connectivity index is 1.56. The maximum Gasteiger partial charge on any atom is 0.317 e. The Labute approximate surface area is 183 Å². The fourth-order valence-corrected chi connectivity index (χ4v) is 3.31. The molecule has 0 fully saturated rings. The predicted molar refractivity (Wildman–Crippen MR) is 121 cm³/mol. The van der Waals surface area contributed by atoms with Gasteiger partial charge in [-0.05, 0) is 42.3 Å². The Hall–Kier alpha value is -3.15. The highest BCUT2D eigenvalue weighted by Gasteiger charge is 2.18. The van der Waals surface area contributed by atoms with E-state index in [1.165, 1.54) is 0 Å². The van der Waals surface area contributed by atoms with Gasteiger partial charge in [0.2, 0.25) is 0 Å². The van der Waals surface area contributed by atoms with Crippen LogP contribution in [0.4, 0.5) is 0 Å². The summed E-state index contributed by atoms with van der Waals surface area (Å²) in [4.78, 5) is 13.0. The molecular weight excluding hydrogens is 390 g/mol. The molecule has 0 aliphatic rings. The summed E-state index contributed by atoms with van der Waals surface area (Å²) >= 11 is 0. The van der Waals surface area contributed by atoms with Gasteiger partial charge in [0.25, 0.3) is 0 Å². The predicted octanol–water partition coefficient (Wildman–Crippen LogP) is 4.41. The number of carboxylic acids is 1. The summed E-state index contributed by atoms with van der Waals surface area (Å²) in [6.07, 6.45) is 0.692. The standard InChI is InChI=1S/C26H29NO4/c1-27(17-26(28)29)24(20-30-18-22-8-4-2-5-9-22)16-21-12-14-25(15-13-21)31-19-23-10-6-3-7-11-23/h2-15,24H,16-20H2,1H3,(H,28,29)/t24-/m0/s1. The summed E-state index contributed by atoms with van der Waals surface area (Å²) in [7, 11) is 1.82. The van der Waals surface area contributed by atoms with Crippen molar-refractivity contribution < 1.29 is 19.4 Å². The van der Waals surface area contributed by atoms with E-state index in [9.17, 15) is 9.90 Å². The molecule has 3 rings (SSSR count). The lowest BCUT2D eigenvalue weighted by Gasteiger charge is -2.27. The minimum Gasteiger partial charge on any atom is -0.489 e. The summed E-state index contributed by atoms with van der Waals surface area (Å²) in [5.74, 6) is -0.0383. The fraction of sp³-hybridized carbons (Fsp3) is 0.269. The Morgan fingerprint density at radius 3 is 2.00 bits per heavy atom. The third kappa shape index (κ3) is 7.89. The van der Waals surface area contributed by atoms with E-state index in [4.69, 9.17) is 9.47 Å². The average molecular weight is 420 g/mol. The number of hydrogen-bond donors (Lipinski definition) is 1. The van der Waals surface area contributed by atoms with E-state index in [0.29, 0.717) is 26.2 Å². The number of benzene rings is 3. The summed E-state index contributed by atoms with van der Waals surface area (Å²) in [5, 5.41) is 9.19. The minimum atomic E-state index is -0.847. The van der Waals surface area contributed by atoms with E-state index in [0.717, 1.165) is 22.4 Å². The first kappa shape index (κ1) is 22.5. The molecule has 0 aliphatic heterocycles. The van der Waals surface area contributed by atoms with E-state index in [2.05, 4.69) is 0 Å². The molecule has 162 valence electrons. The molecule has 0 aromatic heterocycles. The van der Waals surface area contributed by atoms with Crippen molar-refractivity contribution in [3.8, 4) is 5.75 Å². The molecule has 31 heavy (non-hydrogen) atoms. The molecule has 0 saturated carbocycles. The van der Waals surface area contributed by atoms with Crippen molar-refractivity contribution in [2.24, 2.45) is 0 Å². The van der Waals surface area contributed by atoms with Crippen LogP contribution in [-0.4, -0.2) is 42.2 Å².